The molecule has 0 saturated heterocycles. The van der Waals surface area contributed by atoms with Gasteiger partial charge in [-0.1, -0.05) is 48.9 Å². The fraction of sp³-hybridized carbons (Fsp3) is 0.400. The molecule has 25 heavy (non-hydrogen) atoms. The van der Waals surface area contributed by atoms with Gasteiger partial charge in [0, 0.05) is 12.6 Å². The van der Waals surface area contributed by atoms with Crippen molar-refractivity contribution in [2.75, 3.05) is 20.3 Å². The van der Waals surface area contributed by atoms with Crippen LogP contribution in [0.1, 0.15) is 30.5 Å². The number of ether oxygens (including phenoxy) is 2. The number of para-hydroxylation sites is 2. The molecule has 2 unspecified atom stereocenters. The lowest BCUT2D eigenvalue weighted by molar-refractivity contribution is 0.102. The van der Waals surface area contributed by atoms with Gasteiger partial charge >= 0.3 is 0 Å². The molecule has 4 nitrogen and oxygen atoms in total. The Morgan fingerprint density at radius 3 is 2.28 bits per heavy atom. The molecule has 0 saturated carbocycles. The zero-order valence-electron chi connectivity index (χ0n) is 15.1. The molecule has 0 aliphatic rings. The van der Waals surface area contributed by atoms with E-state index < -0.39 is 6.10 Å². The topological polar surface area (TPSA) is 50.7 Å². The van der Waals surface area contributed by atoms with Crippen molar-refractivity contribution in [1.29, 1.82) is 0 Å². The third kappa shape index (κ3) is 6.58. The fourth-order valence-corrected chi connectivity index (χ4v) is 2.56. The van der Waals surface area contributed by atoms with Crippen LogP contribution in [0.15, 0.2) is 48.5 Å². The Balaban J connectivity index is 0.00000312. The number of halogens is 1. The largest absolute Gasteiger partial charge is 0.493 e. The van der Waals surface area contributed by atoms with Gasteiger partial charge in [-0.05, 0) is 31.0 Å². The zero-order chi connectivity index (χ0) is 17.4. The minimum atomic E-state index is -0.589. The molecule has 0 amide bonds. The Kier molecular flexibility index (Phi) is 9.35. The zero-order valence-corrected chi connectivity index (χ0v) is 15.9. The van der Waals surface area contributed by atoms with Gasteiger partial charge < -0.3 is 19.9 Å². The quantitative estimate of drug-likeness (QED) is 0.707. The van der Waals surface area contributed by atoms with Gasteiger partial charge in [0.2, 0.25) is 0 Å². The van der Waals surface area contributed by atoms with Gasteiger partial charge in [-0.25, -0.2) is 0 Å². The summed E-state index contributed by atoms with van der Waals surface area (Å²) in [6.07, 6.45) is 0.373. The lowest BCUT2D eigenvalue weighted by Gasteiger charge is -2.20. The van der Waals surface area contributed by atoms with E-state index in [1.807, 2.05) is 24.3 Å². The number of benzene rings is 2. The average Bonchev–Trinajstić information content (AvgIpc) is 2.62. The smallest absolute Gasteiger partial charge is 0.161 e. The molecule has 0 spiro atoms. The fourth-order valence-electron chi connectivity index (χ4n) is 2.56. The standard InChI is InChI=1S/C20H27NO3.ClH/c1-4-18(16-11-9-15(2)10-12-16)21-13-17(22)14-24-20-8-6-5-7-19(20)23-3;/h5-12,17-18,21-22H,4,13-14H2,1-3H3;1H. The van der Waals surface area contributed by atoms with Crippen molar-refractivity contribution in [3.05, 3.63) is 59.7 Å². The number of aliphatic hydroxyl groups excluding tert-OH is 1. The van der Waals surface area contributed by atoms with E-state index in [1.54, 1.807) is 7.11 Å². The predicted octanol–water partition coefficient (Wildman–Crippen LogP) is 3.91. The molecule has 2 aromatic carbocycles. The molecule has 0 radical (unpaired) electrons. The van der Waals surface area contributed by atoms with Gasteiger partial charge in [0.15, 0.2) is 11.5 Å². The molecule has 2 atom stereocenters. The van der Waals surface area contributed by atoms with Crippen LogP contribution in [0.4, 0.5) is 0 Å². The van der Waals surface area contributed by atoms with Crippen molar-refractivity contribution in [3.63, 3.8) is 0 Å². The summed E-state index contributed by atoms with van der Waals surface area (Å²) in [7, 11) is 1.60. The first-order valence-electron chi connectivity index (χ1n) is 8.37. The van der Waals surface area contributed by atoms with E-state index in [0.29, 0.717) is 18.0 Å². The molecular formula is C20H28ClNO3. The van der Waals surface area contributed by atoms with Crippen LogP contribution in [0, 0.1) is 6.92 Å². The number of nitrogens with one attached hydrogen (secondary N) is 1. The highest BCUT2D eigenvalue weighted by Gasteiger charge is 2.13. The second kappa shape index (κ2) is 11.0. The van der Waals surface area contributed by atoms with Crippen molar-refractivity contribution in [1.82, 2.24) is 5.32 Å². The van der Waals surface area contributed by atoms with Gasteiger partial charge in [-0.2, -0.15) is 0 Å². The lowest BCUT2D eigenvalue weighted by atomic mass is 10.0. The lowest BCUT2D eigenvalue weighted by Crippen LogP contribution is -2.33. The average molecular weight is 366 g/mol. The van der Waals surface area contributed by atoms with Crippen molar-refractivity contribution in [3.8, 4) is 11.5 Å². The molecule has 0 heterocycles. The molecule has 0 fully saturated rings. The second-order valence-corrected chi connectivity index (χ2v) is 5.90. The summed E-state index contributed by atoms with van der Waals surface area (Å²) in [5, 5.41) is 13.6. The maximum atomic E-state index is 10.2. The molecule has 138 valence electrons. The number of methoxy groups -OCH3 is 1. The Bertz CT molecular complexity index is 619. The Hall–Kier alpha value is -1.75. The number of rotatable bonds is 9. The van der Waals surface area contributed by atoms with Crippen LogP contribution in [0.25, 0.3) is 0 Å². The van der Waals surface area contributed by atoms with Crippen molar-refractivity contribution < 1.29 is 14.6 Å². The molecule has 2 N–H and O–H groups in total. The Labute approximate surface area is 156 Å². The first-order valence-corrected chi connectivity index (χ1v) is 8.37. The van der Waals surface area contributed by atoms with Crippen LogP contribution in [0.2, 0.25) is 0 Å². The molecule has 2 aromatic rings. The van der Waals surface area contributed by atoms with Gasteiger partial charge in [0.1, 0.15) is 12.7 Å². The van der Waals surface area contributed by atoms with E-state index >= 15 is 0 Å². The summed E-state index contributed by atoms with van der Waals surface area (Å²) in [5.41, 5.74) is 2.49. The summed E-state index contributed by atoms with van der Waals surface area (Å²) in [5.74, 6) is 1.31. The SMILES string of the molecule is CCC(NCC(O)COc1ccccc1OC)c1ccc(C)cc1.Cl. The molecule has 0 aromatic heterocycles. The first kappa shape index (κ1) is 21.3. The number of hydrogen-bond acceptors (Lipinski definition) is 4. The molecule has 5 heteroatoms. The van der Waals surface area contributed by atoms with Gasteiger partial charge in [0.25, 0.3) is 0 Å². The van der Waals surface area contributed by atoms with Crippen molar-refractivity contribution in [2.45, 2.75) is 32.4 Å². The summed E-state index contributed by atoms with van der Waals surface area (Å²) >= 11 is 0. The molecule has 0 aliphatic carbocycles. The molecule has 0 aliphatic heterocycles. The summed E-state index contributed by atoms with van der Waals surface area (Å²) in [4.78, 5) is 0. The molecule has 0 bridgehead atoms. The van der Waals surface area contributed by atoms with Gasteiger partial charge in [-0.3, -0.25) is 0 Å². The van der Waals surface area contributed by atoms with E-state index in [4.69, 9.17) is 9.47 Å². The highest BCUT2D eigenvalue weighted by Crippen LogP contribution is 2.25. The number of aliphatic hydroxyl groups is 1. The normalized spacial score (nSPS) is 12.8. The van der Waals surface area contributed by atoms with E-state index in [2.05, 4.69) is 43.4 Å². The van der Waals surface area contributed by atoms with Crippen molar-refractivity contribution in [2.24, 2.45) is 0 Å². The molecule has 2 rings (SSSR count). The van der Waals surface area contributed by atoms with E-state index in [-0.39, 0.29) is 25.1 Å². The van der Waals surface area contributed by atoms with E-state index in [1.165, 1.54) is 11.1 Å². The number of aryl methyl sites for hydroxylation is 1. The van der Waals surface area contributed by atoms with Crippen molar-refractivity contribution >= 4 is 12.4 Å². The number of hydrogen-bond donors (Lipinski definition) is 2. The highest BCUT2D eigenvalue weighted by atomic mass is 35.5. The molecular weight excluding hydrogens is 338 g/mol. The monoisotopic (exact) mass is 365 g/mol. The summed E-state index contributed by atoms with van der Waals surface area (Å²) in [6, 6.07) is 16.2. The first-order chi connectivity index (χ1) is 11.6. The minimum Gasteiger partial charge on any atom is -0.493 e. The maximum absolute atomic E-state index is 10.2. The van der Waals surface area contributed by atoms with E-state index in [9.17, 15) is 5.11 Å². The van der Waals surface area contributed by atoms with Crippen LogP contribution in [-0.2, 0) is 0 Å². The third-order valence-corrected chi connectivity index (χ3v) is 3.99. The van der Waals surface area contributed by atoms with Crippen LogP contribution < -0.4 is 14.8 Å². The van der Waals surface area contributed by atoms with Crippen LogP contribution in [0.3, 0.4) is 0 Å². The third-order valence-electron chi connectivity index (χ3n) is 3.99. The maximum Gasteiger partial charge on any atom is 0.161 e. The Morgan fingerprint density at radius 1 is 1.04 bits per heavy atom. The summed E-state index contributed by atoms with van der Waals surface area (Å²) < 4.78 is 10.9. The van der Waals surface area contributed by atoms with Crippen LogP contribution in [-0.4, -0.2) is 31.5 Å². The predicted molar refractivity (Wildman–Crippen MR) is 104 cm³/mol. The van der Waals surface area contributed by atoms with Crippen LogP contribution >= 0.6 is 12.4 Å². The van der Waals surface area contributed by atoms with Gasteiger partial charge in [-0.15, -0.1) is 12.4 Å². The second-order valence-electron chi connectivity index (χ2n) is 5.90. The minimum absolute atomic E-state index is 0. The summed E-state index contributed by atoms with van der Waals surface area (Å²) in [6.45, 7) is 4.91. The van der Waals surface area contributed by atoms with E-state index in [0.717, 1.165) is 6.42 Å². The Morgan fingerprint density at radius 2 is 1.68 bits per heavy atom. The highest BCUT2D eigenvalue weighted by molar-refractivity contribution is 5.85. The van der Waals surface area contributed by atoms with Crippen LogP contribution in [0.5, 0.6) is 11.5 Å². The van der Waals surface area contributed by atoms with Gasteiger partial charge in [0.05, 0.1) is 7.11 Å².